The summed E-state index contributed by atoms with van der Waals surface area (Å²) >= 11 is 0. The molecule has 3 heteroatoms. The second kappa shape index (κ2) is 7.22. The number of rotatable bonds is 6. The molecule has 0 N–H and O–H groups in total. The Morgan fingerprint density at radius 3 is 2.52 bits per heavy atom. The molecule has 2 unspecified atom stereocenters. The fourth-order valence-corrected chi connectivity index (χ4v) is 3.44. The second-order valence-electron chi connectivity index (χ2n) is 6.81. The maximum Gasteiger partial charge on any atom is 0.305 e. The summed E-state index contributed by atoms with van der Waals surface area (Å²) in [5, 5.41) is 0. The molecule has 0 spiro atoms. The van der Waals surface area contributed by atoms with Gasteiger partial charge >= 0.3 is 5.97 Å². The van der Waals surface area contributed by atoms with E-state index in [0.29, 0.717) is 13.0 Å². The summed E-state index contributed by atoms with van der Waals surface area (Å²) in [4.78, 5) is 23.2. The van der Waals surface area contributed by atoms with Gasteiger partial charge in [-0.2, -0.15) is 0 Å². The van der Waals surface area contributed by atoms with Crippen LogP contribution in [0.1, 0.15) is 49.8 Å². The van der Waals surface area contributed by atoms with Gasteiger partial charge in [0.15, 0.2) is 0 Å². The van der Waals surface area contributed by atoms with Crippen LogP contribution in [0.3, 0.4) is 0 Å². The summed E-state index contributed by atoms with van der Waals surface area (Å²) in [7, 11) is 0. The summed E-state index contributed by atoms with van der Waals surface area (Å²) < 4.78 is 5.45. The molecule has 0 bridgehead atoms. The van der Waals surface area contributed by atoms with Gasteiger partial charge in [-0.05, 0) is 41.2 Å². The first-order valence-electron chi connectivity index (χ1n) is 8.89. The number of hydrogen-bond acceptors (Lipinski definition) is 3. The van der Waals surface area contributed by atoms with Gasteiger partial charge in [-0.3, -0.25) is 9.59 Å². The predicted molar refractivity (Wildman–Crippen MR) is 98.5 cm³/mol. The summed E-state index contributed by atoms with van der Waals surface area (Å²) in [6.07, 6.45) is 1.12. The molecule has 130 valence electrons. The number of carbonyl (C=O) groups is 2. The van der Waals surface area contributed by atoms with Crippen molar-refractivity contribution in [2.24, 2.45) is 5.92 Å². The molecule has 1 aliphatic carbocycles. The molecule has 0 saturated carbocycles. The van der Waals surface area contributed by atoms with E-state index in [1.54, 1.807) is 13.8 Å². The second-order valence-corrected chi connectivity index (χ2v) is 6.81. The van der Waals surface area contributed by atoms with Crippen molar-refractivity contribution >= 4 is 11.8 Å². The molecule has 0 fully saturated rings. The lowest BCUT2D eigenvalue weighted by Gasteiger charge is -2.15. The number of Topliss-reactive ketones (excluding diaryl/α,β-unsaturated/α-hetero) is 1. The van der Waals surface area contributed by atoms with Gasteiger partial charge in [-0.1, -0.05) is 56.3 Å². The molecule has 2 atom stereocenters. The Kier molecular flexibility index (Phi) is 5.03. The van der Waals surface area contributed by atoms with Gasteiger partial charge in [0.1, 0.15) is 12.4 Å². The van der Waals surface area contributed by atoms with Crippen LogP contribution in [-0.2, 0) is 20.7 Å². The Labute approximate surface area is 149 Å². The van der Waals surface area contributed by atoms with E-state index in [1.165, 1.54) is 22.3 Å². The van der Waals surface area contributed by atoms with Crippen molar-refractivity contribution in [3.05, 3.63) is 59.2 Å². The smallest absolute Gasteiger partial charge is 0.305 e. The number of fused-ring (bicyclic) bond motifs is 3. The molecule has 0 amide bonds. The zero-order chi connectivity index (χ0) is 18.0. The van der Waals surface area contributed by atoms with E-state index in [-0.39, 0.29) is 23.6 Å². The van der Waals surface area contributed by atoms with Crippen LogP contribution in [0.5, 0.6) is 0 Å². The summed E-state index contributed by atoms with van der Waals surface area (Å²) in [5.41, 5.74) is 5.96. The monoisotopic (exact) mass is 336 g/mol. The van der Waals surface area contributed by atoms with Crippen LogP contribution < -0.4 is 0 Å². The molecule has 3 nitrogen and oxygen atoms in total. The van der Waals surface area contributed by atoms with Gasteiger partial charge < -0.3 is 4.74 Å². The molecule has 0 radical (unpaired) electrons. The number of ether oxygens (including phenoxy) is 1. The SMILES string of the molecule is CCC(=O)OCC1c2ccccc2-c2ccc(CC(C)C(C)=O)cc21. The highest BCUT2D eigenvalue weighted by molar-refractivity contribution is 5.80. The van der Waals surface area contributed by atoms with E-state index in [2.05, 4.69) is 30.3 Å². The minimum absolute atomic E-state index is 0.0122. The Hall–Kier alpha value is -2.42. The summed E-state index contributed by atoms with van der Waals surface area (Å²) in [6, 6.07) is 14.7. The molecule has 3 rings (SSSR count). The van der Waals surface area contributed by atoms with Crippen LogP contribution in [-0.4, -0.2) is 18.4 Å². The maximum absolute atomic E-state index is 11.6. The zero-order valence-corrected chi connectivity index (χ0v) is 15.0. The number of esters is 1. The number of benzene rings is 2. The number of hydrogen-bond donors (Lipinski definition) is 0. The maximum atomic E-state index is 11.6. The quantitative estimate of drug-likeness (QED) is 0.729. The molecular weight excluding hydrogens is 312 g/mol. The molecule has 0 saturated heterocycles. The Morgan fingerprint density at radius 1 is 1.08 bits per heavy atom. The van der Waals surface area contributed by atoms with Crippen LogP contribution in [0.4, 0.5) is 0 Å². The topological polar surface area (TPSA) is 43.4 Å². The van der Waals surface area contributed by atoms with E-state index in [0.717, 1.165) is 12.0 Å². The molecule has 25 heavy (non-hydrogen) atoms. The largest absolute Gasteiger partial charge is 0.465 e. The van der Waals surface area contributed by atoms with Gasteiger partial charge in [-0.15, -0.1) is 0 Å². The van der Waals surface area contributed by atoms with Crippen molar-refractivity contribution < 1.29 is 14.3 Å². The molecule has 2 aromatic rings. The number of ketones is 1. The van der Waals surface area contributed by atoms with E-state index in [1.807, 2.05) is 19.1 Å². The van der Waals surface area contributed by atoms with E-state index in [4.69, 9.17) is 4.74 Å². The van der Waals surface area contributed by atoms with Gasteiger partial charge in [0, 0.05) is 18.3 Å². The van der Waals surface area contributed by atoms with Crippen LogP contribution in [0.25, 0.3) is 11.1 Å². The molecule has 1 aliphatic rings. The van der Waals surface area contributed by atoms with Gasteiger partial charge in [-0.25, -0.2) is 0 Å². The van der Waals surface area contributed by atoms with Crippen molar-refractivity contribution in [3.63, 3.8) is 0 Å². The number of carbonyl (C=O) groups excluding carboxylic acids is 2. The third kappa shape index (κ3) is 3.51. The summed E-state index contributed by atoms with van der Waals surface area (Å²) in [5.74, 6) is 0.108. The normalized spacial score (nSPS) is 16.0. The third-order valence-electron chi connectivity index (χ3n) is 5.05. The van der Waals surface area contributed by atoms with Crippen LogP contribution >= 0.6 is 0 Å². The highest BCUT2D eigenvalue weighted by Crippen LogP contribution is 2.45. The average molecular weight is 336 g/mol. The Morgan fingerprint density at radius 2 is 1.80 bits per heavy atom. The minimum Gasteiger partial charge on any atom is -0.465 e. The van der Waals surface area contributed by atoms with E-state index in [9.17, 15) is 9.59 Å². The van der Waals surface area contributed by atoms with Gasteiger partial charge in [0.05, 0.1) is 0 Å². The average Bonchev–Trinajstić information content (AvgIpc) is 2.92. The Balaban J connectivity index is 1.94. The third-order valence-corrected chi connectivity index (χ3v) is 5.05. The van der Waals surface area contributed by atoms with Crippen molar-refractivity contribution in [1.82, 2.24) is 0 Å². The van der Waals surface area contributed by atoms with Gasteiger partial charge in [0.25, 0.3) is 0 Å². The van der Waals surface area contributed by atoms with Crippen molar-refractivity contribution in [1.29, 1.82) is 0 Å². The highest BCUT2D eigenvalue weighted by Gasteiger charge is 2.29. The van der Waals surface area contributed by atoms with Crippen LogP contribution in [0.15, 0.2) is 42.5 Å². The molecule has 2 aromatic carbocycles. The van der Waals surface area contributed by atoms with Gasteiger partial charge in [0.2, 0.25) is 0 Å². The predicted octanol–water partition coefficient (Wildman–Crippen LogP) is 4.52. The minimum atomic E-state index is -0.174. The lowest BCUT2D eigenvalue weighted by molar-refractivity contribution is -0.143. The molecular formula is C22H24O3. The lowest BCUT2D eigenvalue weighted by Crippen LogP contribution is -2.12. The van der Waals surface area contributed by atoms with E-state index >= 15 is 0 Å². The molecule has 0 aliphatic heterocycles. The summed E-state index contributed by atoms with van der Waals surface area (Å²) in [6.45, 7) is 5.77. The molecule has 0 heterocycles. The van der Waals surface area contributed by atoms with E-state index < -0.39 is 0 Å². The fourth-order valence-electron chi connectivity index (χ4n) is 3.44. The zero-order valence-electron chi connectivity index (χ0n) is 15.0. The first-order valence-corrected chi connectivity index (χ1v) is 8.89. The highest BCUT2D eigenvalue weighted by atomic mass is 16.5. The first kappa shape index (κ1) is 17.4. The Bertz CT molecular complexity index is 807. The fraction of sp³-hybridized carbons (Fsp3) is 0.364. The molecule has 0 aromatic heterocycles. The standard InChI is InChI=1S/C22H24O3/c1-4-22(24)25-13-21-18-8-6-5-7-17(18)19-10-9-16(12-20(19)21)11-14(2)15(3)23/h5-10,12,14,21H,4,11,13H2,1-3H3. The van der Waals surface area contributed by atoms with Crippen molar-refractivity contribution in [2.45, 2.75) is 39.5 Å². The van der Waals surface area contributed by atoms with Crippen LogP contribution in [0, 0.1) is 5.92 Å². The first-order chi connectivity index (χ1) is 12.0. The van der Waals surface area contributed by atoms with Crippen molar-refractivity contribution in [2.75, 3.05) is 6.61 Å². The lowest BCUT2D eigenvalue weighted by atomic mass is 9.92. The van der Waals surface area contributed by atoms with Crippen molar-refractivity contribution in [3.8, 4) is 11.1 Å². The van der Waals surface area contributed by atoms with Crippen LogP contribution in [0.2, 0.25) is 0 Å².